The van der Waals surface area contributed by atoms with Gasteiger partial charge in [0.15, 0.2) is 0 Å². The van der Waals surface area contributed by atoms with Crippen molar-refractivity contribution in [1.29, 1.82) is 0 Å². The molecule has 1 aromatic heterocycles. The second kappa shape index (κ2) is 3.75. The first-order chi connectivity index (χ1) is 6.71. The molecule has 1 aliphatic heterocycles. The van der Waals surface area contributed by atoms with Crippen LogP contribution < -0.4 is 5.32 Å². The molecular formula is C11H17NO2. The van der Waals surface area contributed by atoms with Gasteiger partial charge in [-0.15, -0.1) is 0 Å². The second-order valence-corrected chi connectivity index (χ2v) is 4.14. The Kier molecular flexibility index (Phi) is 2.61. The van der Waals surface area contributed by atoms with Gasteiger partial charge >= 0.3 is 0 Å². The number of hydrogen-bond acceptors (Lipinski definition) is 3. The van der Waals surface area contributed by atoms with Gasteiger partial charge in [-0.2, -0.15) is 0 Å². The van der Waals surface area contributed by atoms with Crippen molar-refractivity contribution in [3.8, 4) is 0 Å². The van der Waals surface area contributed by atoms with Gasteiger partial charge in [-0.25, -0.2) is 0 Å². The van der Waals surface area contributed by atoms with E-state index in [4.69, 9.17) is 4.42 Å². The summed E-state index contributed by atoms with van der Waals surface area (Å²) in [5, 5.41) is 13.7. The average molecular weight is 195 g/mol. The number of rotatable bonds is 2. The molecule has 1 aromatic rings. The van der Waals surface area contributed by atoms with Crippen LogP contribution in [0.15, 0.2) is 22.8 Å². The van der Waals surface area contributed by atoms with Crippen LogP contribution in [0.5, 0.6) is 0 Å². The lowest BCUT2D eigenvalue weighted by Gasteiger charge is -2.38. The molecule has 0 saturated carbocycles. The molecule has 0 radical (unpaired) electrons. The van der Waals surface area contributed by atoms with E-state index in [0.717, 1.165) is 25.1 Å². The van der Waals surface area contributed by atoms with Crippen LogP contribution in [-0.2, 0) is 6.42 Å². The fraction of sp³-hybridized carbons (Fsp3) is 0.636. The minimum atomic E-state index is -0.643. The van der Waals surface area contributed by atoms with Crippen LogP contribution in [0.3, 0.4) is 0 Å². The fourth-order valence-electron chi connectivity index (χ4n) is 2.08. The molecule has 0 aromatic carbocycles. The van der Waals surface area contributed by atoms with E-state index in [-0.39, 0.29) is 6.04 Å². The lowest BCUT2D eigenvalue weighted by Crippen LogP contribution is -2.54. The molecule has 0 bridgehead atoms. The molecule has 3 nitrogen and oxygen atoms in total. The summed E-state index contributed by atoms with van der Waals surface area (Å²) in [7, 11) is 0. The Morgan fingerprint density at radius 2 is 2.57 bits per heavy atom. The minimum Gasteiger partial charge on any atom is -0.469 e. The van der Waals surface area contributed by atoms with Gasteiger partial charge in [-0.05, 0) is 38.4 Å². The van der Waals surface area contributed by atoms with Gasteiger partial charge in [0.2, 0.25) is 0 Å². The molecule has 78 valence electrons. The van der Waals surface area contributed by atoms with Gasteiger partial charge in [0.1, 0.15) is 5.76 Å². The van der Waals surface area contributed by atoms with Gasteiger partial charge in [0, 0.05) is 12.5 Å². The highest BCUT2D eigenvalue weighted by Crippen LogP contribution is 2.26. The predicted octanol–water partition coefficient (Wildman–Crippen LogP) is 1.33. The second-order valence-electron chi connectivity index (χ2n) is 4.14. The van der Waals surface area contributed by atoms with E-state index in [2.05, 4.69) is 5.32 Å². The summed E-state index contributed by atoms with van der Waals surface area (Å²) in [6.45, 7) is 3.03. The van der Waals surface area contributed by atoms with Crippen molar-refractivity contribution in [1.82, 2.24) is 5.32 Å². The Bertz CT molecular complexity index is 283. The van der Waals surface area contributed by atoms with Gasteiger partial charge in [0.25, 0.3) is 0 Å². The van der Waals surface area contributed by atoms with Crippen LogP contribution in [0.1, 0.15) is 25.5 Å². The van der Waals surface area contributed by atoms with E-state index in [9.17, 15) is 5.11 Å². The highest BCUT2D eigenvalue weighted by Gasteiger charge is 2.36. The first-order valence-corrected chi connectivity index (χ1v) is 5.19. The maximum absolute atomic E-state index is 10.4. The summed E-state index contributed by atoms with van der Waals surface area (Å²) in [6.07, 6.45) is 4.14. The summed E-state index contributed by atoms with van der Waals surface area (Å²) < 4.78 is 5.26. The van der Waals surface area contributed by atoms with Crippen molar-refractivity contribution in [2.45, 2.75) is 37.8 Å². The van der Waals surface area contributed by atoms with Crippen LogP contribution in [0.4, 0.5) is 0 Å². The van der Waals surface area contributed by atoms with Crippen molar-refractivity contribution < 1.29 is 9.52 Å². The molecule has 1 aliphatic rings. The van der Waals surface area contributed by atoms with Gasteiger partial charge in [-0.3, -0.25) is 0 Å². The Labute approximate surface area is 84.1 Å². The molecule has 1 fully saturated rings. The molecule has 2 heterocycles. The molecule has 2 unspecified atom stereocenters. The molecular weight excluding hydrogens is 178 g/mol. The maximum atomic E-state index is 10.4. The smallest absolute Gasteiger partial charge is 0.106 e. The molecule has 14 heavy (non-hydrogen) atoms. The third-order valence-electron chi connectivity index (χ3n) is 3.10. The third kappa shape index (κ3) is 1.83. The van der Waals surface area contributed by atoms with Gasteiger partial charge in [-0.1, -0.05) is 0 Å². The molecule has 2 rings (SSSR count). The summed E-state index contributed by atoms with van der Waals surface area (Å²) in [6, 6.07) is 3.92. The average Bonchev–Trinajstić information content (AvgIpc) is 2.63. The quantitative estimate of drug-likeness (QED) is 0.748. The third-order valence-corrected chi connectivity index (χ3v) is 3.10. The summed E-state index contributed by atoms with van der Waals surface area (Å²) in [4.78, 5) is 0. The molecule has 0 spiro atoms. The molecule has 3 heteroatoms. The van der Waals surface area contributed by atoms with Crippen molar-refractivity contribution in [2.75, 3.05) is 6.54 Å². The number of piperidine rings is 1. The summed E-state index contributed by atoms with van der Waals surface area (Å²) in [5.74, 6) is 0.864. The van der Waals surface area contributed by atoms with Crippen molar-refractivity contribution in [2.24, 2.45) is 0 Å². The largest absolute Gasteiger partial charge is 0.469 e. The van der Waals surface area contributed by atoms with E-state index >= 15 is 0 Å². The monoisotopic (exact) mass is 195 g/mol. The van der Waals surface area contributed by atoms with Crippen molar-refractivity contribution in [3.63, 3.8) is 0 Å². The Balaban J connectivity index is 2.07. The van der Waals surface area contributed by atoms with Crippen LogP contribution in [0.25, 0.3) is 0 Å². The van der Waals surface area contributed by atoms with E-state index in [1.807, 2.05) is 19.1 Å². The van der Waals surface area contributed by atoms with Crippen molar-refractivity contribution in [3.05, 3.63) is 24.2 Å². The zero-order valence-electron chi connectivity index (χ0n) is 8.49. The standard InChI is InChI=1S/C11H17NO2/c1-9-11(13,5-3-6-12-9)8-10-4-2-7-14-10/h2,4,7,9,12-13H,3,5-6,8H2,1H3. The first kappa shape index (κ1) is 9.74. The van der Waals surface area contributed by atoms with Crippen LogP contribution in [0, 0.1) is 0 Å². The topological polar surface area (TPSA) is 45.4 Å². The van der Waals surface area contributed by atoms with Gasteiger partial charge < -0.3 is 14.8 Å². The maximum Gasteiger partial charge on any atom is 0.106 e. The normalized spacial score (nSPS) is 33.1. The number of nitrogens with one attached hydrogen (secondary N) is 1. The minimum absolute atomic E-state index is 0.140. The molecule has 0 aliphatic carbocycles. The van der Waals surface area contributed by atoms with E-state index in [1.54, 1.807) is 6.26 Å². The van der Waals surface area contributed by atoms with Crippen LogP contribution in [0.2, 0.25) is 0 Å². The van der Waals surface area contributed by atoms with E-state index in [0.29, 0.717) is 6.42 Å². The lowest BCUT2D eigenvalue weighted by molar-refractivity contribution is -0.0206. The zero-order chi connectivity index (χ0) is 10.0. The molecule has 2 N–H and O–H groups in total. The highest BCUT2D eigenvalue weighted by molar-refractivity contribution is 5.06. The Morgan fingerprint density at radius 1 is 1.71 bits per heavy atom. The Hall–Kier alpha value is -0.800. The number of furan rings is 1. The SMILES string of the molecule is CC1NCCCC1(O)Cc1ccco1. The highest BCUT2D eigenvalue weighted by atomic mass is 16.3. The number of aliphatic hydroxyl groups is 1. The van der Waals surface area contributed by atoms with E-state index in [1.165, 1.54) is 0 Å². The fourth-order valence-corrected chi connectivity index (χ4v) is 2.08. The van der Waals surface area contributed by atoms with E-state index < -0.39 is 5.60 Å². The lowest BCUT2D eigenvalue weighted by atomic mass is 9.83. The zero-order valence-corrected chi connectivity index (χ0v) is 8.49. The number of hydrogen-bond donors (Lipinski definition) is 2. The summed E-state index contributed by atoms with van der Waals surface area (Å²) in [5.41, 5.74) is -0.643. The Morgan fingerprint density at radius 3 is 3.21 bits per heavy atom. The van der Waals surface area contributed by atoms with Crippen molar-refractivity contribution >= 4 is 0 Å². The van der Waals surface area contributed by atoms with Gasteiger partial charge in [0.05, 0.1) is 11.9 Å². The summed E-state index contributed by atoms with van der Waals surface area (Å²) >= 11 is 0. The van der Waals surface area contributed by atoms with Crippen LogP contribution in [-0.4, -0.2) is 23.3 Å². The molecule has 1 saturated heterocycles. The first-order valence-electron chi connectivity index (χ1n) is 5.19. The molecule has 0 amide bonds. The predicted molar refractivity (Wildman–Crippen MR) is 54.1 cm³/mol. The van der Waals surface area contributed by atoms with Crippen LogP contribution >= 0.6 is 0 Å². The molecule has 2 atom stereocenters.